The first-order chi connectivity index (χ1) is 9.70. The Balaban J connectivity index is 2.08. The van der Waals surface area contributed by atoms with Crippen LogP contribution in [0.5, 0.6) is 0 Å². The summed E-state index contributed by atoms with van der Waals surface area (Å²) < 4.78 is 5.99. The number of nitrogens with one attached hydrogen (secondary N) is 1. The molecule has 0 aliphatic heterocycles. The van der Waals surface area contributed by atoms with E-state index in [1.807, 2.05) is 30.3 Å². The number of nitrogens with zero attached hydrogens (tertiary/aromatic N) is 2. The zero-order chi connectivity index (χ0) is 14.4. The topological polar surface area (TPSA) is 73.2 Å². The molecule has 20 heavy (non-hydrogen) atoms. The maximum absolute atomic E-state index is 11.9. The predicted octanol–water partition coefficient (Wildman–Crippen LogP) is 1.23. The van der Waals surface area contributed by atoms with E-state index in [1.165, 1.54) is 30.4 Å². The minimum Gasteiger partial charge on any atom is -0.467 e. The quantitative estimate of drug-likeness (QED) is 0.850. The van der Waals surface area contributed by atoms with Crippen LogP contribution in [-0.2, 0) is 16.0 Å². The van der Waals surface area contributed by atoms with E-state index in [-0.39, 0.29) is 0 Å². The third kappa shape index (κ3) is 3.44. The van der Waals surface area contributed by atoms with Crippen molar-refractivity contribution in [3.8, 4) is 0 Å². The molecule has 0 spiro atoms. The van der Waals surface area contributed by atoms with Crippen molar-refractivity contribution in [3.63, 3.8) is 0 Å². The molecule has 0 saturated carbocycles. The lowest BCUT2D eigenvalue weighted by molar-refractivity contribution is -0.142. The van der Waals surface area contributed by atoms with Gasteiger partial charge in [0.2, 0.25) is 0 Å². The molecule has 0 radical (unpaired) electrons. The molecule has 0 aliphatic rings. The van der Waals surface area contributed by atoms with Gasteiger partial charge in [0, 0.05) is 18.8 Å². The monoisotopic (exact) mass is 273 g/mol. The molecule has 1 amide bonds. The van der Waals surface area contributed by atoms with Gasteiger partial charge >= 0.3 is 12.0 Å². The highest BCUT2D eigenvalue weighted by Gasteiger charge is 2.22. The zero-order valence-electron chi connectivity index (χ0n) is 11.0. The molecule has 2 rings (SSSR count). The van der Waals surface area contributed by atoms with E-state index in [0.717, 1.165) is 5.56 Å². The van der Waals surface area contributed by atoms with E-state index < -0.39 is 18.0 Å². The van der Waals surface area contributed by atoms with Crippen molar-refractivity contribution < 1.29 is 14.3 Å². The maximum Gasteiger partial charge on any atom is 0.328 e. The van der Waals surface area contributed by atoms with E-state index in [2.05, 4.69) is 10.3 Å². The van der Waals surface area contributed by atoms with Gasteiger partial charge in [0.1, 0.15) is 12.4 Å². The van der Waals surface area contributed by atoms with Gasteiger partial charge in [-0.3, -0.25) is 4.57 Å². The number of carbonyl (C=O) groups is 2. The second kappa shape index (κ2) is 6.51. The smallest absolute Gasteiger partial charge is 0.328 e. The van der Waals surface area contributed by atoms with Gasteiger partial charge in [-0.25, -0.2) is 14.6 Å². The number of imidazole rings is 1. The highest BCUT2D eigenvalue weighted by Crippen LogP contribution is 2.05. The van der Waals surface area contributed by atoms with Crippen LogP contribution in [0.1, 0.15) is 5.56 Å². The zero-order valence-corrected chi connectivity index (χ0v) is 11.0. The molecule has 1 aromatic carbocycles. The van der Waals surface area contributed by atoms with E-state index in [0.29, 0.717) is 6.42 Å². The first-order valence-electron chi connectivity index (χ1n) is 6.11. The number of methoxy groups -OCH3 is 1. The summed E-state index contributed by atoms with van der Waals surface area (Å²) in [5, 5.41) is 2.63. The number of hydrogen-bond acceptors (Lipinski definition) is 4. The van der Waals surface area contributed by atoms with Crippen LogP contribution in [-0.4, -0.2) is 34.7 Å². The maximum atomic E-state index is 11.9. The van der Waals surface area contributed by atoms with Gasteiger partial charge in [0.05, 0.1) is 7.11 Å². The molecular formula is C14H15N3O3. The van der Waals surface area contributed by atoms with Crippen LogP contribution in [0, 0.1) is 0 Å². The summed E-state index contributed by atoms with van der Waals surface area (Å²) in [5.74, 6) is -0.484. The molecule has 0 unspecified atom stereocenters. The first-order valence-corrected chi connectivity index (χ1v) is 6.11. The standard InChI is InChI=1S/C14H15N3O3/c1-20-13(18)12(9-11-5-3-2-4-6-11)16-14(19)17-8-7-15-10-17/h2-8,10,12H,9H2,1H3,(H,16,19)/t12-/m0/s1. The number of aromatic nitrogens is 2. The van der Waals surface area contributed by atoms with Gasteiger partial charge < -0.3 is 10.1 Å². The highest BCUT2D eigenvalue weighted by molar-refractivity contribution is 5.84. The molecule has 1 atom stereocenters. The van der Waals surface area contributed by atoms with Crippen molar-refractivity contribution in [2.45, 2.75) is 12.5 Å². The van der Waals surface area contributed by atoms with Crippen molar-refractivity contribution in [2.75, 3.05) is 7.11 Å². The summed E-state index contributed by atoms with van der Waals surface area (Å²) in [4.78, 5) is 27.5. The van der Waals surface area contributed by atoms with Gasteiger partial charge in [0.15, 0.2) is 0 Å². The van der Waals surface area contributed by atoms with E-state index in [9.17, 15) is 9.59 Å². The van der Waals surface area contributed by atoms with Gasteiger partial charge in [-0.15, -0.1) is 0 Å². The van der Waals surface area contributed by atoms with Crippen molar-refractivity contribution in [1.82, 2.24) is 14.9 Å². The molecule has 1 N–H and O–H groups in total. The number of carbonyl (C=O) groups excluding carboxylic acids is 2. The SMILES string of the molecule is COC(=O)[C@H](Cc1ccccc1)NC(=O)n1ccnc1. The summed E-state index contributed by atoms with van der Waals surface area (Å²) in [6.07, 6.45) is 4.73. The van der Waals surface area contributed by atoms with Gasteiger partial charge in [-0.05, 0) is 5.56 Å². The van der Waals surface area contributed by atoms with Crippen LogP contribution in [0.15, 0.2) is 49.1 Å². The number of hydrogen-bond donors (Lipinski definition) is 1. The minimum absolute atomic E-state index is 0.369. The number of benzene rings is 1. The van der Waals surface area contributed by atoms with Crippen molar-refractivity contribution >= 4 is 12.0 Å². The molecule has 104 valence electrons. The second-order valence-corrected chi connectivity index (χ2v) is 4.18. The molecule has 0 bridgehead atoms. The van der Waals surface area contributed by atoms with Crippen LogP contribution in [0.4, 0.5) is 4.79 Å². The lowest BCUT2D eigenvalue weighted by Gasteiger charge is -2.16. The van der Waals surface area contributed by atoms with Gasteiger partial charge in [0.25, 0.3) is 0 Å². The fraction of sp³-hybridized carbons (Fsp3) is 0.214. The Hall–Kier alpha value is -2.63. The van der Waals surface area contributed by atoms with Crippen LogP contribution >= 0.6 is 0 Å². The normalized spacial score (nSPS) is 11.7. The van der Waals surface area contributed by atoms with E-state index in [4.69, 9.17) is 4.74 Å². The summed E-state index contributed by atoms with van der Waals surface area (Å²) >= 11 is 0. The summed E-state index contributed by atoms with van der Waals surface area (Å²) in [6.45, 7) is 0. The highest BCUT2D eigenvalue weighted by atomic mass is 16.5. The average molecular weight is 273 g/mol. The van der Waals surface area contributed by atoms with E-state index >= 15 is 0 Å². The summed E-state index contributed by atoms with van der Waals surface area (Å²) in [6, 6.07) is 8.26. The lowest BCUT2D eigenvalue weighted by atomic mass is 10.1. The van der Waals surface area contributed by atoms with Gasteiger partial charge in [-0.1, -0.05) is 30.3 Å². The molecule has 1 aromatic heterocycles. The van der Waals surface area contributed by atoms with E-state index in [1.54, 1.807) is 0 Å². The van der Waals surface area contributed by atoms with Crippen LogP contribution in [0.25, 0.3) is 0 Å². The number of ether oxygens (including phenoxy) is 1. The second-order valence-electron chi connectivity index (χ2n) is 4.18. The minimum atomic E-state index is -0.739. The Kier molecular flexibility index (Phi) is 4.49. The molecule has 2 aromatic rings. The average Bonchev–Trinajstić information content (AvgIpc) is 3.01. The summed E-state index contributed by atoms with van der Waals surface area (Å²) in [5.41, 5.74) is 0.939. The number of esters is 1. The van der Waals surface area contributed by atoms with Crippen LogP contribution < -0.4 is 5.32 Å². The first kappa shape index (κ1) is 13.8. The third-order valence-electron chi connectivity index (χ3n) is 2.80. The molecule has 6 nitrogen and oxygen atoms in total. The number of amides is 1. The molecule has 0 aliphatic carbocycles. The molecule has 0 saturated heterocycles. The molecule has 6 heteroatoms. The Bertz CT molecular complexity index is 567. The Morgan fingerprint density at radius 2 is 2.10 bits per heavy atom. The summed E-state index contributed by atoms with van der Waals surface area (Å²) in [7, 11) is 1.30. The Morgan fingerprint density at radius 3 is 2.70 bits per heavy atom. The largest absolute Gasteiger partial charge is 0.467 e. The van der Waals surface area contributed by atoms with Crippen molar-refractivity contribution in [1.29, 1.82) is 0 Å². The fourth-order valence-corrected chi connectivity index (χ4v) is 1.79. The predicted molar refractivity (Wildman–Crippen MR) is 72.1 cm³/mol. The van der Waals surface area contributed by atoms with Gasteiger partial charge in [-0.2, -0.15) is 0 Å². The fourth-order valence-electron chi connectivity index (χ4n) is 1.79. The lowest BCUT2D eigenvalue weighted by Crippen LogP contribution is -2.44. The van der Waals surface area contributed by atoms with Crippen molar-refractivity contribution in [2.24, 2.45) is 0 Å². The third-order valence-corrected chi connectivity index (χ3v) is 2.80. The van der Waals surface area contributed by atoms with Crippen LogP contribution in [0.3, 0.4) is 0 Å². The Labute approximate surface area is 116 Å². The molecule has 0 fully saturated rings. The van der Waals surface area contributed by atoms with Crippen molar-refractivity contribution in [3.05, 3.63) is 54.6 Å². The molecular weight excluding hydrogens is 258 g/mol. The van der Waals surface area contributed by atoms with Crippen LogP contribution in [0.2, 0.25) is 0 Å². The molecule has 1 heterocycles. The number of rotatable bonds is 4. The Morgan fingerprint density at radius 1 is 1.35 bits per heavy atom.